The molecule has 2 aromatic rings. The van der Waals surface area contributed by atoms with Crippen LogP contribution in [0.15, 0.2) is 65.7 Å². The fourth-order valence-electron chi connectivity index (χ4n) is 2.48. The van der Waals surface area contributed by atoms with Gasteiger partial charge in [-0.15, -0.1) is 0 Å². The Kier molecular flexibility index (Phi) is 3.69. The number of carbonyl (C=O) groups excluding carboxylic acids is 1. The van der Waals surface area contributed by atoms with Gasteiger partial charge in [-0.1, -0.05) is 60.7 Å². The molecule has 1 aliphatic rings. The predicted molar refractivity (Wildman–Crippen MR) is 82.4 cm³/mol. The summed E-state index contributed by atoms with van der Waals surface area (Å²) in [6.07, 6.45) is 0.359. The number of aliphatic imine (C=N–C) groups is 1. The molecule has 1 amide bonds. The molecule has 1 heterocycles. The Hall–Kier alpha value is -2.62. The van der Waals surface area contributed by atoms with Gasteiger partial charge in [0.2, 0.25) is 5.91 Å². The smallest absolute Gasteiger partial charge is 0.232 e. The molecule has 1 atom stereocenters. The Balaban J connectivity index is 1.81. The lowest BCUT2D eigenvalue weighted by atomic mass is 10.0. The summed E-state index contributed by atoms with van der Waals surface area (Å²) in [6, 6.07) is 19.4. The average Bonchev–Trinajstić information content (AvgIpc) is 2.52. The van der Waals surface area contributed by atoms with Crippen molar-refractivity contribution in [2.45, 2.75) is 19.0 Å². The largest absolute Gasteiger partial charge is 0.369 e. The van der Waals surface area contributed by atoms with Gasteiger partial charge in [-0.05, 0) is 11.1 Å². The molecule has 0 saturated carbocycles. The molecule has 0 aliphatic carbocycles. The highest BCUT2D eigenvalue weighted by molar-refractivity contribution is 5.98. The molecule has 0 bridgehead atoms. The SMILES string of the molecule is NC1=NC(c2ccccc2)CC(=O)N1Cc1ccccc1. The third-order valence-electron chi connectivity index (χ3n) is 3.60. The summed E-state index contributed by atoms with van der Waals surface area (Å²) in [7, 11) is 0. The number of nitrogens with two attached hydrogens (primary N) is 1. The zero-order chi connectivity index (χ0) is 14.7. The quantitative estimate of drug-likeness (QED) is 0.938. The molecule has 2 N–H and O–H groups in total. The van der Waals surface area contributed by atoms with Crippen LogP contribution in [0.5, 0.6) is 0 Å². The Morgan fingerprint density at radius 2 is 1.67 bits per heavy atom. The normalized spacial score (nSPS) is 18.5. The van der Waals surface area contributed by atoms with Gasteiger partial charge in [0.05, 0.1) is 19.0 Å². The van der Waals surface area contributed by atoms with Gasteiger partial charge in [0.15, 0.2) is 5.96 Å². The van der Waals surface area contributed by atoms with E-state index in [0.717, 1.165) is 11.1 Å². The second-order valence-corrected chi connectivity index (χ2v) is 5.08. The van der Waals surface area contributed by atoms with E-state index in [1.807, 2.05) is 60.7 Å². The van der Waals surface area contributed by atoms with Crippen molar-refractivity contribution in [2.24, 2.45) is 10.7 Å². The molecule has 0 saturated heterocycles. The molecule has 0 aromatic heterocycles. The summed E-state index contributed by atoms with van der Waals surface area (Å²) in [6.45, 7) is 0.469. The van der Waals surface area contributed by atoms with Gasteiger partial charge in [0, 0.05) is 0 Å². The Labute approximate surface area is 123 Å². The monoisotopic (exact) mass is 279 g/mol. The topological polar surface area (TPSA) is 58.7 Å². The first-order chi connectivity index (χ1) is 10.2. The highest BCUT2D eigenvalue weighted by Gasteiger charge is 2.28. The van der Waals surface area contributed by atoms with Crippen LogP contribution in [0.25, 0.3) is 0 Å². The van der Waals surface area contributed by atoms with Crippen LogP contribution in [-0.4, -0.2) is 16.8 Å². The first-order valence-corrected chi connectivity index (χ1v) is 6.96. The maximum Gasteiger partial charge on any atom is 0.232 e. The first-order valence-electron chi connectivity index (χ1n) is 6.96. The number of amides is 1. The summed E-state index contributed by atoms with van der Waals surface area (Å²) in [5.41, 5.74) is 8.07. The Morgan fingerprint density at radius 1 is 1.05 bits per heavy atom. The van der Waals surface area contributed by atoms with E-state index in [4.69, 9.17) is 5.73 Å². The lowest BCUT2D eigenvalue weighted by Gasteiger charge is -2.29. The summed E-state index contributed by atoms with van der Waals surface area (Å²) in [4.78, 5) is 18.4. The minimum Gasteiger partial charge on any atom is -0.369 e. The summed E-state index contributed by atoms with van der Waals surface area (Å²) in [5.74, 6) is 0.309. The van der Waals surface area contributed by atoms with Crippen LogP contribution in [-0.2, 0) is 11.3 Å². The molecule has 4 heteroatoms. The van der Waals surface area contributed by atoms with Crippen molar-refractivity contribution in [2.75, 3.05) is 0 Å². The second kappa shape index (κ2) is 5.79. The van der Waals surface area contributed by atoms with E-state index in [1.165, 1.54) is 0 Å². The van der Waals surface area contributed by atoms with Gasteiger partial charge in [0.1, 0.15) is 0 Å². The lowest BCUT2D eigenvalue weighted by molar-refractivity contribution is -0.128. The van der Waals surface area contributed by atoms with Crippen LogP contribution in [0.3, 0.4) is 0 Å². The minimum atomic E-state index is -0.175. The van der Waals surface area contributed by atoms with Crippen molar-refractivity contribution < 1.29 is 4.79 Å². The molecule has 3 rings (SSSR count). The van der Waals surface area contributed by atoms with Crippen LogP contribution in [0.1, 0.15) is 23.6 Å². The van der Waals surface area contributed by atoms with Crippen LogP contribution >= 0.6 is 0 Å². The van der Waals surface area contributed by atoms with Crippen molar-refractivity contribution in [3.63, 3.8) is 0 Å². The van der Waals surface area contributed by atoms with E-state index in [9.17, 15) is 4.79 Å². The van der Waals surface area contributed by atoms with E-state index < -0.39 is 0 Å². The summed E-state index contributed by atoms with van der Waals surface area (Å²) >= 11 is 0. The zero-order valence-electron chi connectivity index (χ0n) is 11.6. The summed E-state index contributed by atoms with van der Waals surface area (Å²) in [5, 5.41) is 0. The van der Waals surface area contributed by atoms with Gasteiger partial charge >= 0.3 is 0 Å². The van der Waals surface area contributed by atoms with Gasteiger partial charge < -0.3 is 5.73 Å². The van der Waals surface area contributed by atoms with Gasteiger partial charge in [-0.2, -0.15) is 0 Å². The van der Waals surface area contributed by atoms with Crippen molar-refractivity contribution in [3.05, 3.63) is 71.8 Å². The average molecular weight is 279 g/mol. The van der Waals surface area contributed by atoms with Gasteiger partial charge in [-0.25, -0.2) is 4.99 Å². The Bertz CT molecular complexity index is 652. The number of benzene rings is 2. The molecule has 4 nitrogen and oxygen atoms in total. The maximum absolute atomic E-state index is 12.4. The lowest BCUT2D eigenvalue weighted by Crippen LogP contribution is -2.45. The molecule has 1 aliphatic heterocycles. The number of carbonyl (C=O) groups is 1. The van der Waals surface area contributed by atoms with Crippen molar-refractivity contribution in [1.29, 1.82) is 0 Å². The van der Waals surface area contributed by atoms with Gasteiger partial charge in [-0.3, -0.25) is 9.69 Å². The molecule has 0 spiro atoms. The van der Waals surface area contributed by atoms with E-state index in [2.05, 4.69) is 4.99 Å². The number of rotatable bonds is 3. The third-order valence-corrected chi connectivity index (χ3v) is 3.60. The molecule has 106 valence electrons. The van der Waals surface area contributed by atoms with E-state index >= 15 is 0 Å². The van der Waals surface area contributed by atoms with Crippen molar-refractivity contribution in [3.8, 4) is 0 Å². The first kappa shape index (κ1) is 13.4. The standard InChI is InChI=1S/C17H17N3O/c18-17-19-15(14-9-5-2-6-10-14)11-16(21)20(17)12-13-7-3-1-4-8-13/h1-10,15H,11-12H2,(H2,18,19). The molecule has 1 unspecified atom stereocenters. The number of hydrogen-bond acceptors (Lipinski definition) is 3. The molecular formula is C17H17N3O. The van der Waals surface area contributed by atoms with Crippen LogP contribution in [0, 0.1) is 0 Å². The Morgan fingerprint density at radius 3 is 2.29 bits per heavy atom. The van der Waals surface area contributed by atoms with Crippen LogP contribution in [0.2, 0.25) is 0 Å². The van der Waals surface area contributed by atoms with Gasteiger partial charge in [0.25, 0.3) is 0 Å². The van der Waals surface area contributed by atoms with Crippen molar-refractivity contribution in [1.82, 2.24) is 4.90 Å². The zero-order valence-corrected chi connectivity index (χ0v) is 11.6. The van der Waals surface area contributed by atoms with Crippen molar-refractivity contribution >= 4 is 11.9 Å². The van der Waals surface area contributed by atoms with Crippen LogP contribution < -0.4 is 5.73 Å². The number of nitrogens with zero attached hydrogens (tertiary/aromatic N) is 2. The minimum absolute atomic E-state index is 0.0141. The fourth-order valence-corrected chi connectivity index (χ4v) is 2.48. The maximum atomic E-state index is 12.4. The van der Waals surface area contributed by atoms with E-state index in [-0.39, 0.29) is 11.9 Å². The molecule has 0 fully saturated rings. The molecule has 2 aromatic carbocycles. The van der Waals surface area contributed by atoms with Crippen LogP contribution in [0.4, 0.5) is 0 Å². The fraction of sp³-hybridized carbons (Fsp3) is 0.176. The van der Waals surface area contributed by atoms with E-state index in [1.54, 1.807) is 4.90 Å². The highest BCUT2D eigenvalue weighted by atomic mass is 16.2. The third kappa shape index (κ3) is 2.94. The van der Waals surface area contributed by atoms with E-state index in [0.29, 0.717) is 18.9 Å². The molecule has 0 radical (unpaired) electrons. The molecular weight excluding hydrogens is 262 g/mol. The number of hydrogen-bond donors (Lipinski definition) is 1. The number of guanidine groups is 1. The molecule has 21 heavy (non-hydrogen) atoms. The highest BCUT2D eigenvalue weighted by Crippen LogP contribution is 2.26. The predicted octanol–water partition coefficient (Wildman–Crippen LogP) is 2.47. The second-order valence-electron chi connectivity index (χ2n) is 5.08. The summed E-state index contributed by atoms with van der Waals surface area (Å²) < 4.78 is 0.